The smallest absolute Gasteiger partial charge is 0.219 e. The van der Waals surface area contributed by atoms with E-state index in [0.29, 0.717) is 0 Å². The second-order valence-corrected chi connectivity index (χ2v) is 3.01. The Bertz CT molecular complexity index is 256. The van der Waals surface area contributed by atoms with Gasteiger partial charge < -0.3 is 25.2 Å². The van der Waals surface area contributed by atoms with Gasteiger partial charge in [-0.2, -0.15) is 0 Å². The Morgan fingerprint density at radius 1 is 1.50 bits per heavy atom. The zero-order valence-electron chi connectivity index (χ0n) is 7.19. The number of azide groups is 1. The summed E-state index contributed by atoms with van der Waals surface area (Å²) >= 11 is 0. The number of rotatable bonds is 3. The molecular weight excluding hydrogens is 194 g/mol. The molecule has 4 atom stereocenters. The second-order valence-electron chi connectivity index (χ2n) is 3.01. The van der Waals surface area contributed by atoms with Gasteiger partial charge in [-0.15, -0.1) is 0 Å². The third kappa shape index (κ3) is 1.80. The molecule has 1 saturated heterocycles. The van der Waals surface area contributed by atoms with Gasteiger partial charge >= 0.3 is 0 Å². The fraction of sp³-hybridized carbons (Fsp3) is 1.00. The highest BCUT2D eigenvalue weighted by Crippen LogP contribution is 2.28. The molecule has 8 heteroatoms. The van der Waals surface area contributed by atoms with Crippen LogP contribution in [0.2, 0.25) is 0 Å². The van der Waals surface area contributed by atoms with Crippen molar-refractivity contribution in [2.75, 3.05) is 13.2 Å². The van der Waals surface area contributed by atoms with Crippen LogP contribution in [-0.4, -0.2) is 57.7 Å². The molecule has 0 radical (unpaired) electrons. The fourth-order valence-corrected chi connectivity index (χ4v) is 1.26. The minimum atomic E-state index is -2.19. The highest BCUT2D eigenvalue weighted by Gasteiger charge is 2.52. The summed E-state index contributed by atoms with van der Waals surface area (Å²) in [5.74, 6) is -2.19. The standard InChI is InChI=1S/C6H11N3O5/c7-9-8-1-3-4(11)5(12)6(13,2-10)14-3/h3-5,10-13H,1-2H2/t3-,4-,5+,6-/m1/s1. The Morgan fingerprint density at radius 3 is 2.57 bits per heavy atom. The molecule has 1 aliphatic rings. The third-order valence-corrected chi connectivity index (χ3v) is 2.07. The fourth-order valence-electron chi connectivity index (χ4n) is 1.26. The molecule has 0 spiro atoms. The number of aliphatic hydroxyl groups is 4. The molecule has 1 heterocycles. The zero-order valence-corrected chi connectivity index (χ0v) is 7.19. The van der Waals surface area contributed by atoms with Gasteiger partial charge in [0, 0.05) is 4.91 Å². The SMILES string of the molecule is [N-]=[N+]=NC[C@H]1O[C@](O)(CO)[C@@H](O)[C@@H]1O. The summed E-state index contributed by atoms with van der Waals surface area (Å²) in [7, 11) is 0. The Morgan fingerprint density at radius 2 is 2.14 bits per heavy atom. The minimum Gasteiger partial charge on any atom is -0.391 e. The molecule has 14 heavy (non-hydrogen) atoms. The van der Waals surface area contributed by atoms with Crippen molar-refractivity contribution in [2.45, 2.75) is 24.1 Å². The third-order valence-electron chi connectivity index (χ3n) is 2.07. The largest absolute Gasteiger partial charge is 0.391 e. The van der Waals surface area contributed by atoms with E-state index in [1.807, 2.05) is 0 Å². The predicted molar refractivity (Wildman–Crippen MR) is 42.9 cm³/mol. The maximum Gasteiger partial charge on any atom is 0.219 e. The van der Waals surface area contributed by atoms with E-state index in [4.69, 9.17) is 15.4 Å². The van der Waals surface area contributed by atoms with E-state index in [1.165, 1.54) is 0 Å². The van der Waals surface area contributed by atoms with Gasteiger partial charge in [-0.25, -0.2) is 0 Å². The molecule has 0 aromatic carbocycles. The average Bonchev–Trinajstić information content (AvgIpc) is 2.41. The van der Waals surface area contributed by atoms with Crippen molar-refractivity contribution in [3.8, 4) is 0 Å². The molecular formula is C6H11N3O5. The van der Waals surface area contributed by atoms with Crippen molar-refractivity contribution < 1.29 is 25.2 Å². The summed E-state index contributed by atoms with van der Waals surface area (Å²) in [5, 5.41) is 39.8. The van der Waals surface area contributed by atoms with Crippen LogP contribution in [0, 0.1) is 0 Å². The lowest BCUT2D eigenvalue weighted by Gasteiger charge is -2.22. The first kappa shape index (κ1) is 11.2. The van der Waals surface area contributed by atoms with Crippen LogP contribution < -0.4 is 0 Å². The summed E-state index contributed by atoms with van der Waals surface area (Å²) in [6.07, 6.45) is -4.03. The summed E-state index contributed by atoms with van der Waals surface area (Å²) in [6.45, 7) is -1.07. The van der Waals surface area contributed by atoms with Gasteiger partial charge in [0.15, 0.2) is 0 Å². The molecule has 0 saturated carbocycles. The van der Waals surface area contributed by atoms with E-state index in [-0.39, 0.29) is 6.54 Å². The Labute approximate surface area is 79.0 Å². The number of nitrogens with zero attached hydrogens (tertiary/aromatic N) is 3. The normalized spacial score (nSPS) is 42.1. The molecule has 4 N–H and O–H groups in total. The van der Waals surface area contributed by atoms with Crippen LogP contribution in [0.25, 0.3) is 10.4 Å². The molecule has 0 aliphatic carbocycles. The van der Waals surface area contributed by atoms with Crippen molar-refractivity contribution >= 4 is 0 Å². The van der Waals surface area contributed by atoms with Crippen LogP contribution in [0.15, 0.2) is 5.11 Å². The molecule has 1 aliphatic heterocycles. The lowest BCUT2D eigenvalue weighted by molar-refractivity contribution is -0.244. The highest BCUT2D eigenvalue weighted by molar-refractivity contribution is 4.95. The van der Waals surface area contributed by atoms with Gasteiger partial charge in [0.1, 0.15) is 12.2 Å². The molecule has 1 fully saturated rings. The number of hydrogen-bond donors (Lipinski definition) is 4. The summed E-state index contributed by atoms with van der Waals surface area (Å²) in [5.41, 5.74) is 8.01. The van der Waals surface area contributed by atoms with E-state index in [1.54, 1.807) is 0 Å². The monoisotopic (exact) mass is 205 g/mol. The van der Waals surface area contributed by atoms with Crippen LogP contribution in [0.1, 0.15) is 0 Å². The van der Waals surface area contributed by atoms with E-state index >= 15 is 0 Å². The van der Waals surface area contributed by atoms with Gasteiger partial charge in [0.05, 0.1) is 19.3 Å². The van der Waals surface area contributed by atoms with E-state index < -0.39 is 30.7 Å². The van der Waals surface area contributed by atoms with Crippen molar-refractivity contribution in [3.05, 3.63) is 10.4 Å². The van der Waals surface area contributed by atoms with Crippen LogP contribution in [-0.2, 0) is 4.74 Å². The molecule has 0 bridgehead atoms. The van der Waals surface area contributed by atoms with Crippen molar-refractivity contribution in [3.63, 3.8) is 0 Å². The van der Waals surface area contributed by atoms with Crippen molar-refractivity contribution in [1.29, 1.82) is 0 Å². The maximum atomic E-state index is 9.39. The van der Waals surface area contributed by atoms with Crippen LogP contribution in [0.4, 0.5) is 0 Å². The van der Waals surface area contributed by atoms with E-state index in [2.05, 4.69) is 10.0 Å². The van der Waals surface area contributed by atoms with Crippen LogP contribution >= 0.6 is 0 Å². The molecule has 0 aromatic rings. The lowest BCUT2D eigenvalue weighted by Crippen LogP contribution is -2.46. The summed E-state index contributed by atoms with van der Waals surface area (Å²) < 4.78 is 4.77. The minimum absolute atomic E-state index is 0.225. The molecule has 8 nitrogen and oxygen atoms in total. The molecule has 80 valence electrons. The number of hydrogen-bond acceptors (Lipinski definition) is 6. The van der Waals surface area contributed by atoms with Gasteiger partial charge in [-0.1, -0.05) is 5.11 Å². The lowest BCUT2D eigenvalue weighted by atomic mass is 10.1. The van der Waals surface area contributed by atoms with Gasteiger partial charge in [0.25, 0.3) is 0 Å². The van der Waals surface area contributed by atoms with Gasteiger partial charge in [-0.3, -0.25) is 0 Å². The molecule has 0 aromatic heterocycles. The number of aliphatic hydroxyl groups excluding tert-OH is 3. The topological polar surface area (TPSA) is 139 Å². The summed E-state index contributed by atoms with van der Waals surface area (Å²) in [4.78, 5) is 2.44. The van der Waals surface area contributed by atoms with E-state index in [9.17, 15) is 15.3 Å². The zero-order chi connectivity index (χ0) is 10.8. The van der Waals surface area contributed by atoms with Crippen LogP contribution in [0.3, 0.4) is 0 Å². The second kappa shape index (κ2) is 4.09. The summed E-state index contributed by atoms with van der Waals surface area (Å²) in [6, 6.07) is 0. The first-order valence-corrected chi connectivity index (χ1v) is 3.93. The number of ether oxygens (including phenoxy) is 1. The highest BCUT2D eigenvalue weighted by atomic mass is 16.7. The van der Waals surface area contributed by atoms with Crippen LogP contribution in [0.5, 0.6) is 0 Å². The van der Waals surface area contributed by atoms with Gasteiger partial charge in [0.2, 0.25) is 5.79 Å². The molecule has 0 unspecified atom stereocenters. The quantitative estimate of drug-likeness (QED) is 0.242. The average molecular weight is 205 g/mol. The molecule has 0 amide bonds. The Kier molecular flexibility index (Phi) is 3.27. The van der Waals surface area contributed by atoms with Crippen molar-refractivity contribution in [2.24, 2.45) is 5.11 Å². The van der Waals surface area contributed by atoms with E-state index in [0.717, 1.165) is 0 Å². The first-order chi connectivity index (χ1) is 6.55. The Balaban J connectivity index is 2.71. The van der Waals surface area contributed by atoms with Gasteiger partial charge in [-0.05, 0) is 5.53 Å². The molecule has 1 rings (SSSR count). The van der Waals surface area contributed by atoms with Crippen molar-refractivity contribution in [1.82, 2.24) is 0 Å². The Hall–Kier alpha value is -0.890. The first-order valence-electron chi connectivity index (χ1n) is 3.93. The maximum absolute atomic E-state index is 9.39. The predicted octanol–water partition coefficient (Wildman–Crippen LogP) is -1.90.